The quantitative estimate of drug-likeness (QED) is 0.723. The summed E-state index contributed by atoms with van der Waals surface area (Å²) in [6.07, 6.45) is -5.28. The SMILES string of the molecule is CCOc1ccc(C2C(C(=O)c3ccccc3)C(O)(C(F)(F)F)N(C)C(=O)N2C)cc1. The first-order chi connectivity index (χ1) is 14.5. The van der Waals surface area contributed by atoms with Crippen LogP contribution in [0.5, 0.6) is 5.75 Å². The van der Waals surface area contributed by atoms with Crippen LogP contribution >= 0.6 is 0 Å². The summed E-state index contributed by atoms with van der Waals surface area (Å²) in [4.78, 5) is 27.3. The van der Waals surface area contributed by atoms with E-state index in [0.717, 1.165) is 11.9 Å². The van der Waals surface area contributed by atoms with Gasteiger partial charge in [0.05, 0.1) is 12.6 Å². The number of halogens is 3. The molecule has 6 nitrogen and oxygen atoms in total. The van der Waals surface area contributed by atoms with Gasteiger partial charge in [0.1, 0.15) is 11.7 Å². The van der Waals surface area contributed by atoms with Gasteiger partial charge >= 0.3 is 12.2 Å². The monoisotopic (exact) mass is 436 g/mol. The van der Waals surface area contributed by atoms with Gasteiger partial charge in [0.25, 0.3) is 5.72 Å². The van der Waals surface area contributed by atoms with E-state index < -0.39 is 35.7 Å². The third-order valence-corrected chi connectivity index (χ3v) is 5.56. The number of ether oxygens (including phenoxy) is 1. The van der Waals surface area contributed by atoms with Crippen molar-refractivity contribution in [2.75, 3.05) is 20.7 Å². The van der Waals surface area contributed by atoms with Crippen LogP contribution in [0.2, 0.25) is 0 Å². The summed E-state index contributed by atoms with van der Waals surface area (Å²) in [5.41, 5.74) is -3.43. The highest BCUT2D eigenvalue weighted by Crippen LogP contribution is 2.50. The second kappa shape index (κ2) is 8.22. The van der Waals surface area contributed by atoms with Crippen molar-refractivity contribution in [1.29, 1.82) is 0 Å². The topological polar surface area (TPSA) is 70.1 Å². The molecule has 1 aliphatic heterocycles. The van der Waals surface area contributed by atoms with Crippen molar-refractivity contribution in [2.45, 2.75) is 24.9 Å². The van der Waals surface area contributed by atoms with Gasteiger partial charge in [-0.15, -0.1) is 0 Å². The van der Waals surface area contributed by atoms with Gasteiger partial charge in [-0.3, -0.25) is 9.69 Å². The van der Waals surface area contributed by atoms with Crippen LogP contribution in [0.3, 0.4) is 0 Å². The lowest BCUT2D eigenvalue weighted by Crippen LogP contribution is -2.73. The summed E-state index contributed by atoms with van der Waals surface area (Å²) in [6.45, 7) is 2.18. The molecule has 0 saturated carbocycles. The number of hydrogen-bond donors (Lipinski definition) is 1. The first-order valence-electron chi connectivity index (χ1n) is 9.65. The molecule has 2 aromatic carbocycles. The Kier molecular flexibility index (Phi) is 6.00. The van der Waals surface area contributed by atoms with E-state index in [2.05, 4.69) is 0 Å². The highest BCUT2D eigenvalue weighted by atomic mass is 19.4. The van der Waals surface area contributed by atoms with Crippen molar-refractivity contribution in [3.8, 4) is 5.75 Å². The Balaban J connectivity index is 2.21. The Morgan fingerprint density at radius 2 is 1.68 bits per heavy atom. The van der Waals surface area contributed by atoms with Gasteiger partial charge in [-0.1, -0.05) is 42.5 Å². The Morgan fingerprint density at radius 3 is 2.19 bits per heavy atom. The summed E-state index contributed by atoms with van der Waals surface area (Å²) >= 11 is 0. The Hall–Kier alpha value is -3.07. The molecule has 3 unspecified atom stereocenters. The van der Waals surface area contributed by atoms with E-state index in [1.807, 2.05) is 0 Å². The number of alkyl halides is 3. The van der Waals surface area contributed by atoms with E-state index >= 15 is 0 Å². The predicted molar refractivity (Wildman–Crippen MR) is 107 cm³/mol. The third-order valence-electron chi connectivity index (χ3n) is 5.56. The van der Waals surface area contributed by atoms with Crippen molar-refractivity contribution in [3.05, 3.63) is 65.7 Å². The molecule has 2 amide bonds. The fourth-order valence-electron chi connectivity index (χ4n) is 3.97. The van der Waals surface area contributed by atoms with Gasteiger partial charge in [-0.25, -0.2) is 4.79 Å². The summed E-state index contributed by atoms with van der Waals surface area (Å²) in [5, 5.41) is 10.9. The molecule has 2 aromatic rings. The molecule has 166 valence electrons. The van der Waals surface area contributed by atoms with Gasteiger partial charge in [0.15, 0.2) is 5.78 Å². The lowest BCUT2D eigenvalue weighted by Gasteiger charge is -2.53. The molecule has 0 bridgehead atoms. The molecule has 3 atom stereocenters. The Morgan fingerprint density at radius 1 is 1.10 bits per heavy atom. The minimum atomic E-state index is -5.28. The number of Topliss-reactive ketones (excluding diaryl/α,β-unsaturated/α-hetero) is 1. The zero-order valence-electron chi connectivity index (χ0n) is 17.3. The first-order valence-corrected chi connectivity index (χ1v) is 9.65. The van der Waals surface area contributed by atoms with Crippen LogP contribution in [0.15, 0.2) is 54.6 Å². The van der Waals surface area contributed by atoms with Gasteiger partial charge in [-0.2, -0.15) is 13.2 Å². The van der Waals surface area contributed by atoms with Gasteiger partial charge < -0.3 is 14.7 Å². The van der Waals surface area contributed by atoms with E-state index in [1.165, 1.54) is 43.4 Å². The van der Waals surface area contributed by atoms with Gasteiger partial charge in [0.2, 0.25) is 0 Å². The molecule has 0 radical (unpaired) electrons. The molecule has 1 aliphatic rings. The first kappa shape index (κ1) is 22.6. The maximum absolute atomic E-state index is 14.2. The zero-order valence-corrected chi connectivity index (χ0v) is 17.3. The molecule has 1 fully saturated rings. The molecule has 31 heavy (non-hydrogen) atoms. The number of rotatable bonds is 5. The minimum absolute atomic E-state index is 0.00209. The van der Waals surface area contributed by atoms with Crippen LogP contribution < -0.4 is 4.74 Å². The molecule has 1 saturated heterocycles. The highest BCUT2D eigenvalue weighted by molar-refractivity contribution is 6.00. The number of nitrogens with zero attached hydrogens (tertiary/aromatic N) is 2. The summed E-state index contributed by atoms with van der Waals surface area (Å²) in [7, 11) is 2.15. The lowest BCUT2D eigenvalue weighted by molar-refractivity contribution is -0.328. The van der Waals surface area contributed by atoms with Crippen molar-refractivity contribution in [1.82, 2.24) is 9.80 Å². The number of hydrogen-bond acceptors (Lipinski definition) is 4. The maximum atomic E-state index is 14.2. The van der Waals surface area contributed by atoms with Gasteiger partial charge in [-0.05, 0) is 24.6 Å². The number of benzene rings is 2. The van der Waals surface area contributed by atoms with E-state index in [-0.39, 0.29) is 16.0 Å². The smallest absolute Gasteiger partial charge is 0.437 e. The minimum Gasteiger partial charge on any atom is -0.494 e. The second-order valence-corrected chi connectivity index (χ2v) is 7.33. The standard InChI is InChI=1S/C22H23F3N2O4/c1-4-31-16-12-10-14(11-13-16)18-17(19(28)15-8-6-5-7-9-15)21(30,22(23,24)25)27(3)20(29)26(18)2/h5-13,17-18,30H,4H2,1-3H3. The average molecular weight is 436 g/mol. The summed E-state index contributed by atoms with van der Waals surface area (Å²) in [6, 6.07) is 11.1. The van der Waals surface area contributed by atoms with E-state index in [4.69, 9.17) is 4.74 Å². The molecule has 1 heterocycles. The number of carbonyl (C=O) groups is 2. The van der Waals surface area contributed by atoms with E-state index in [1.54, 1.807) is 25.1 Å². The predicted octanol–water partition coefficient (Wildman–Crippen LogP) is 3.87. The molecule has 0 aromatic heterocycles. The number of amides is 2. The zero-order chi connectivity index (χ0) is 23.0. The fraction of sp³-hybridized carbons (Fsp3) is 0.364. The summed E-state index contributed by atoms with van der Waals surface area (Å²) < 4.78 is 48.0. The largest absolute Gasteiger partial charge is 0.494 e. The number of ketones is 1. The molecule has 3 rings (SSSR count). The van der Waals surface area contributed by atoms with Crippen molar-refractivity contribution >= 4 is 11.8 Å². The Labute approximate surface area is 177 Å². The fourth-order valence-corrected chi connectivity index (χ4v) is 3.97. The average Bonchev–Trinajstić information content (AvgIpc) is 2.75. The third kappa shape index (κ3) is 3.74. The van der Waals surface area contributed by atoms with Crippen molar-refractivity contribution in [2.24, 2.45) is 5.92 Å². The molecule has 0 aliphatic carbocycles. The van der Waals surface area contributed by atoms with Crippen molar-refractivity contribution < 1.29 is 32.6 Å². The lowest BCUT2D eigenvalue weighted by atomic mass is 9.75. The van der Waals surface area contributed by atoms with Crippen LogP contribution in [0.1, 0.15) is 28.9 Å². The number of carbonyl (C=O) groups excluding carboxylic acids is 2. The molecular formula is C22H23F3N2O4. The van der Waals surface area contributed by atoms with Crippen LogP contribution in [0.4, 0.5) is 18.0 Å². The molecule has 9 heteroatoms. The summed E-state index contributed by atoms with van der Waals surface area (Å²) in [5.74, 6) is -2.46. The molecule has 1 N–H and O–H groups in total. The maximum Gasteiger partial charge on any atom is 0.437 e. The van der Waals surface area contributed by atoms with Crippen LogP contribution in [-0.2, 0) is 0 Å². The van der Waals surface area contributed by atoms with E-state index in [0.29, 0.717) is 12.4 Å². The molecular weight excluding hydrogens is 413 g/mol. The number of aliphatic hydroxyl groups is 1. The van der Waals surface area contributed by atoms with Crippen LogP contribution in [0, 0.1) is 5.92 Å². The van der Waals surface area contributed by atoms with Crippen LogP contribution in [-0.4, -0.2) is 59.3 Å². The number of urea groups is 1. The van der Waals surface area contributed by atoms with Crippen LogP contribution in [0.25, 0.3) is 0 Å². The Bertz CT molecular complexity index is 949. The highest BCUT2D eigenvalue weighted by Gasteiger charge is 2.70. The van der Waals surface area contributed by atoms with Crippen molar-refractivity contribution in [3.63, 3.8) is 0 Å². The second-order valence-electron chi connectivity index (χ2n) is 7.33. The van der Waals surface area contributed by atoms with Gasteiger partial charge in [0, 0.05) is 19.7 Å². The normalized spacial score (nSPS) is 24.3. The van der Waals surface area contributed by atoms with E-state index in [9.17, 15) is 27.9 Å². The molecule has 0 spiro atoms.